The van der Waals surface area contributed by atoms with E-state index in [2.05, 4.69) is 0 Å². The summed E-state index contributed by atoms with van der Waals surface area (Å²) >= 11 is 0. The zero-order valence-corrected chi connectivity index (χ0v) is 13.1. The summed E-state index contributed by atoms with van der Waals surface area (Å²) in [5.74, 6) is -1.68. The van der Waals surface area contributed by atoms with E-state index in [0.29, 0.717) is 19.3 Å². The molecule has 0 aliphatic carbocycles. The summed E-state index contributed by atoms with van der Waals surface area (Å²) in [6, 6.07) is 0. The number of carboxylic acids is 1. The largest absolute Gasteiger partial charge is 0.550 e. The number of ketones is 1. The zero-order chi connectivity index (χ0) is 16.7. The number of aliphatic hydroxyl groups excluding tert-OH is 2. The predicted molar refractivity (Wildman–Crippen MR) is 74.6 cm³/mol. The number of aliphatic carboxylic acids is 1. The van der Waals surface area contributed by atoms with E-state index in [1.165, 1.54) is 0 Å². The van der Waals surface area contributed by atoms with Crippen molar-refractivity contribution in [1.29, 1.82) is 0 Å². The van der Waals surface area contributed by atoms with Gasteiger partial charge in [-0.25, -0.2) is 0 Å². The Morgan fingerprint density at radius 3 is 2.64 bits per heavy atom. The number of hydrogen-bond donors (Lipinski definition) is 2. The van der Waals surface area contributed by atoms with Gasteiger partial charge < -0.3 is 29.6 Å². The third-order valence-corrected chi connectivity index (χ3v) is 3.71. The smallest absolute Gasteiger partial charge is 0.184 e. The summed E-state index contributed by atoms with van der Waals surface area (Å²) in [4.78, 5) is 21.4. The van der Waals surface area contributed by atoms with E-state index >= 15 is 0 Å². The molecular weight excluding hydrogens is 292 g/mol. The van der Waals surface area contributed by atoms with E-state index in [1.54, 1.807) is 6.92 Å². The average Bonchev–Trinajstić information content (AvgIpc) is 2.40. The monoisotopic (exact) mass is 317 g/mol. The van der Waals surface area contributed by atoms with Crippen LogP contribution in [0.15, 0.2) is 0 Å². The maximum atomic E-state index is 11.2. The number of rotatable bonds is 9. The molecule has 1 rings (SSSR count). The van der Waals surface area contributed by atoms with E-state index in [0.717, 1.165) is 0 Å². The SMILES string of the molecule is C[C@H](CCCCC(=O)CC(=O)[O-])O[C@@H]1O[C@@H](C)[C@H](O)C[C@H]1O. The van der Waals surface area contributed by atoms with E-state index in [1.807, 2.05) is 6.92 Å². The fourth-order valence-electron chi connectivity index (χ4n) is 2.37. The highest BCUT2D eigenvalue weighted by atomic mass is 16.7. The van der Waals surface area contributed by atoms with Crippen LogP contribution in [-0.4, -0.2) is 52.7 Å². The van der Waals surface area contributed by atoms with Gasteiger partial charge in [0.2, 0.25) is 0 Å². The number of carbonyl (C=O) groups excluding carboxylic acids is 2. The van der Waals surface area contributed by atoms with Crippen LogP contribution in [0.1, 0.15) is 52.4 Å². The van der Waals surface area contributed by atoms with Crippen molar-refractivity contribution >= 4 is 11.8 Å². The van der Waals surface area contributed by atoms with Gasteiger partial charge >= 0.3 is 0 Å². The molecule has 2 N–H and O–H groups in total. The first-order valence-electron chi connectivity index (χ1n) is 7.68. The van der Waals surface area contributed by atoms with Crippen molar-refractivity contribution in [3.8, 4) is 0 Å². The highest BCUT2D eigenvalue weighted by Gasteiger charge is 2.35. The minimum atomic E-state index is -1.35. The number of carbonyl (C=O) groups is 2. The Morgan fingerprint density at radius 2 is 2.00 bits per heavy atom. The molecule has 1 saturated heterocycles. The first kappa shape index (κ1) is 19.0. The van der Waals surface area contributed by atoms with Crippen molar-refractivity contribution in [2.45, 2.75) is 83.1 Å². The lowest BCUT2D eigenvalue weighted by Crippen LogP contribution is -2.48. The Labute approximate surface area is 130 Å². The second-order valence-electron chi connectivity index (χ2n) is 5.86. The molecule has 0 radical (unpaired) electrons. The van der Waals surface area contributed by atoms with Crippen LogP contribution in [0.3, 0.4) is 0 Å². The number of carboxylic acid groups (broad SMARTS) is 1. The summed E-state index contributed by atoms with van der Waals surface area (Å²) in [5.41, 5.74) is 0. The molecule has 7 heteroatoms. The van der Waals surface area contributed by atoms with Gasteiger partial charge in [0.25, 0.3) is 0 Å². The lowest BCUT2D eigenvalue weighted by molar-refractivity contribution is -0.304. The first-order valence-corrected chi connectivity index (χ1v) is 7.68. The summed E-state index contributed by atoms with van der Waals surface area (Å²) in [7, 11) is 0. The molecule has 1 heterocycles. The maximum Gasteiger partial charge on any atom is 0.184 e. The molecular formula is C15H25O7-. The molecule has 0 bridgehead atoms. The van der Waals surface area contributed by atoms with E-state index in [4.69, 9.17) is 9.47 Å². The van der Waals surface area contributed by atoms with Crippen molar-refractivity contribution in [2.75, 3.05) is 0 Å². The van der Waals surface area contributed by atoms with Gasteiger partial charge in [-0.2, -0.15) is 0 Å². The molecule has 128 valence electrons. The Balaban J connectivity index is 2.19. The van der Waals surface area contributed by atoms with Crippen molar-refractivity contribution in [2.24, 2.45) is 0 Å². The molecule has 1 aliphatic heterocycles. The molecule has 5 atom stereocenters. The van der Waals surface area contributed by atoms with Crippen LogP contribution in [0.25, 0.3) is 0 Å². The topological polar surface area (TPSA) is 116 Å². The van der Waals surface area contributed by atoms with Crippen molar-refractivity contribution in [1.82, 2.24) is 0 Å². The Kier molecular flexibility index (Phi) is 7.95. The lowest BCUT2D eigenvalue weighted by atomic mass is 10.0. The minimum Gasteiger partial charge on any atom is -0.550 e. The van der Waals surface area contributed by atoms with Crippen LogP contribution in [0.2, 0.25) is 0 Å². The highest BCUT2D eigenvalue weighted by molar-refractivity contribution is 5.93. The third kappa shape index (κ3) is 6.83. The molecule has 7 nitrogen and oxygen atoms in total. The molecule has 1 aliphatic rings. The highest BCUT2D eigenvalue weighted by Crippen LogP contribution is 2.23. The molecule has 22 heavy (non-hydrogen) atoms. The van der Waals surface area contributed by atoms with Gasteiger partial charge in [0.15, 0.2) is 6.29 Å². The van der Waals surface area contributed by atoms with Gasteiger partial charge in [0, 0.05) is 25.2 Å². The molecule has 0 amide bonds. The van der Waals surface area contributed by atoms with Crippen LogP contribution in [0.4, 0.5) is 0 Å². The van der Waals surface area contributed by atoms with Gasteiger partial charge in [0.05, 0.1) is 18.3 Å². The number of unbranched alkanes of at least 4 members (excludes halogenated alkanes) is 1. The quantitative estimate of drug-likeness (QED) is 0.436. The predicted octanol–water partition coefficient (Wildman–Crippen LogP) is -0.482. The van der Waals surface area contributed by atoms with Gasteiger partial charge in [-0.05, 0) is 26.7 Å². The summed E-state index contributed by atoms with van der Waals surface area (Å²) < 4.78 is 11.0. The van der Waals surface area contributed by atoms with Gasteiger partial charge in [-0.1, -0.05) is 6.42 Å². The molecule has 0 aromatic heterocycles. The van der Waals surface area contributed by atoms with E-state index in [-0.39, 0.29) is 30.8 Å². The number of Topliss-reactive ketones (excluding diaryl/α,β-unsaturated/α-hetero) is 1. The lowest BCUT2D eigenvalue weighted by Gasteiger charge is -2.36. The zero-order valence-electron chi connectivity index (χ0n) is 13.1. The maximum absolute atomic E-state index is 11.2. The van der Waals surface area contributed by atoms with E-state index < -0.39 is 30.9 Å². The summed E-state index contributed by atoms with van der Waals surface area (Å²) in [6.45, 7) is 3.56. The van der Waals surface area contributed by atoms with Crippen molar-refractivity contribution < 1.29 is 34.4 Å². The standard InChI is InChI=1S/C15H26O7/c1-9(5-3-4-6-11(16)7-14(19)20)21-15-13(18)8-12(17)10(2)22-15/h9-10,12-13,15,17-18H,3-8H2,1-2H3,(H,19,20)/p-1/t9-,10+,12-,13-,15-/m1/s1. The van der Waals surface area contributed by atoms with Crippen LogP contribution >= 0.6 is 0 Å². The molecule has 0 saturated carbocycles. The van der Waals surface area contributed by atoms with Gasteiger partial charge in [-0.3, -0.25) is 4.79 Å². The number of aliphatic hydroxyl groups is 2. The molecule has 0 aromatic rings. The van der Waals surface area contributed by atoms with E-state index in [9.17, 15) is 24.9 Å². The first-order chi connectivity index (χ1) is 10.3. The Morgan fingerprint density at radius 1 is 1.32 bits per heavy atom. The molecule has 1 fully saturated rings. The molecule has 0 aromatic carbocycles. The summed E-state index contributed by atoms with van der Waals surface area (Å²) in [5, 5.41) is 29.6. The fourth-order valence-corrected chi connectivity index (χ4v) is 2.37. The number of hydrogen-bond acceptors (Lipinski definition) is 7. The third-order valence-electron chi connectivity index (χ3n) is 3.71. The van der Waals surface area contributed by atoms with Gasteiger partial charge in [0.1, 0.15) is 11.9 Å². The Hall–Kier alpha value is -1.02. The van der Waals surface area contributed by atoms with Crippen LogP contribution < -0.4 is 5.11 Å². The molecule has 0 spiro atoms. The van der Waals surface area contributed by atoms with Crippen LogP contribution in [0, 0.1) is 0 Å². The fraction of sp³-hybridized carbons (Fsp3) is 0.867. The number of ether oxygens (including phenoxy) is 2. The van der Waals surface area contributed by atoms with Crippen molar-refractivity contribution in [3.63, 3.8) is 0 Å². The average molecular weight is 317 g/mol. The van der Waals surface area contributed by atoms with Gasteiger partial charge in [-0.15, -0.1) is 0 Å². The second-order valence-corrected chi connectivity index (χ2v) is 5.86. The minimum absolute atomic E-state index is 0.168. The Bertz CT molecular complexity index is 371. The molecule has 0 unspecified atom stereocenters. The van der Waals surface area contributed by atoms with Crippen LogP contribution in [-0.2, 0) is 19.1 Å². The van der Waals surface area contributed by atoms with Crippen molar-refractivity contribution in [3.05, 3.63) is 0 Å². The van der Waals surface area contributed by atoms with Crippen LogP contribution in [0.5, 0.6) is 0 Å². The second kappa shape index (κ2) is 9.19. The summed E-state index contributed by atoms with van der Waals surface area (Å²) in [6.07, 6.45) is -1.00. The normalized spacial score (nSPS) is 30.0.